The van der Waals surface area contributed by atoms with Crippen LogP contribution >= 0.6 is 10.9 Å². The third kappa shape index (κ3) is 9.42. The van der Waals surface area contributed by atoms with Gasteiger partial charge in [0.15, 0.2) is 23.1 Å². The average molecular weight is 1020 g/mol. The lowest BCUT2D eigenvalue weighted by molar-refractivity contribution is 0.0980. The van der Waals surface area contributed by atoms with Crippen LogP contribution in [0.3, 0.4) is 0 Å². The van der Waals surface area contributed by atoms with Crippen LogP contribution in [0.5, 0.6) is 0 Å². The number of fused-ring (bicyclic) bond motifs is 4. The van der Waals surface area contributed by atoms with E-state index in [0.29, 0.717) is 0 Å². The van der Waals surface area contributed by atoms with Gasteiger partial charge in [0, 0.05) is 51.5 Å². The van der Waals surface area contributed by atoms with Gasteiger partial charge in [0.2, 0.25) is 17.8 Å². The van der Waals surface area contributed by atoms with Gasteiger partial charge >= 0.3 is 0 Å². The maximum Gasteiger partial charge on any atom is 0.296 e. The smallest absolute Gasteiger partial charge is 0.296 e. The lowest BCUT2D eigenvalue weighted by Crippen LogP contribution is -2.25. The highest BCUT2D eigenvalue weighted by Crippen LogP contribution is 2.52. The van der Waals surface area contributed by atoms with Crippen molar-refractivity contribution in [3.05, 3.63) is 154 Å². The molecule has 6 aromatic carbocycles. The predicted octanol–water partition coefficient (Wildman–Crippen LogP) is 6.69. The second-order valence-corrected chi connectivity index (χ2v) is 20.2. The molecule has 23 nitrogen and oxygen atoms in total. The van der Waals surface area contributed by atoms with Crippen molar-refractivity contribution < 1.29 is 58.8 Å². The molecule has 7 aromatic rings. The van der Waals surface area contributed by atoms with Crippen LogP contribution in [0.15, 0.2) is 119 Å². The molecular weight excluding hydrogens is 985 g/mol. The topological polar surface area (TPSA) is 389 Å². The molecule has 26 heteroatoms. The number of aromatic nitrogens is 3. The molecule has 0 spiro atoms. The Labute approximate surface area is 403 Å². The Kier molecular flexibility index (Phi) is 12.0. The molecule has 1 heterocycles. The molecule has 362 valence electrons. The van der Waals surface area contributed by atoms with Gasteiger partial charge in [-0.3, -0.25) is 28.3 Å². The molecule has 14 N–H and O–H groups in total. The molecule has 9 rings (SSSR count). The second kappa shape index (κ2) is 17.9. The van der Waals surface area contributed by atoms with Crippen LogP contribution in [0.4, 0.5) is 63.3 Å². The highest BCUT2D eigenvalue weighted by molar-refractivity contribution is 8.19. The molecule has 0 amide bonds. The third-order valence-corrected chi connectivity index (χ3v) is 13.6. The van der Waals surface area contributed by atoms with Crippen molar-refractivity contribution in [2.45, 2.75) is 9.79 Å². The molecule has 0 atom stereocenters. The summed E-state index contributed by atoms with van der Waals surface area (Å²) in [5, 5.41) is 14.6. The quantitative estimate of drug-likeness (QED) is 0.0398. The summed E-state index contributed by atoms with van der Waals surface area (Å²) >= 11 is 0. The van der Waals surface area contributed by atoms with E-state index in [-0.39, 0.29) is 97.5 Å². The van der Waals surface area contributed by atoms with Crippen molar-refractivity contribution in [3.63, 3.8) is 0 Å². The van der Waals surface area contributed by atoms with E-state index in [0.717, 1.165) is 12.1 Å². The van der Waals surface area contributed by atoms with E-state index < -0.39 is 86.7 Å². The van der Waals surface area contributed by atoms with Crippen LogP contribution in [-0.2, 0) is 20.2 Å². The van der Waals surface area contributed by atoms with Gasteiger partial charge in [0.25, 0.3) is 20.2 Å². The fourth-order valence-corrected chi connectivity index (χ4v) is 9.68. The Balaban J connectivity index is 1.03. The van der Waals surface area contributed by atoms with E-state index in [1.165, 1.54) is 48.5 Å². The number of ketones is 4. The number of carbonyl (C=O) groups excluding carboxylic acids is 4. The predicted molar refractivity (Wildman–Crippen MR) is 263 cm³/mol. The molecule has 0 radical (unpaired) electrons. The highest BCUT2D eigenvalue weighted by Gasteiger charge is 2.38. The third-order valence-electron chi connectivity index (χ3n) is 11.0. The largest absolute Gasteiger partial charge is 0.397 e. The van der Waals surface area contributed by atoms with E-state index >= 15 is 0 Å². The molecular formula is C45H36N10O13S3. The first-order valence-corrected chi connectivity index (χ1v) is 25.1. The molecule has 2 aliphatic rings. The molecule has 1 aromatic heterocycles. The number of benzene rings is 6. The maximum atomic E-state index is 13.9. The number of anilines is 11. The van der Waals surface area contributed by atoms with E-state index in [4.69, 9.17) is 11.5 Å². The zero-order valence-corrected chi connectivity index (χ0v) is 38.5. The zero-order chi connectivity index (χ0) is 50.7. The molecule has 0 saturated carbocycles. The fraction of sp³-hybridized carbons (Fsp3) is 0.0444. The summed E-state index contributed by atoms with van der Waals surface area (Å²) < 4.78 is 98.4. The molecule has 71 heavy (non-hydrogen) atoms. The SMILES string of the molecule is Nc1c(S(O)(O)O)cc(Nc2cccc(Nc3nc(NCCS(=O)(=O)O)nc(Nc4cccc(Nc5cc(S(=O)(=O)O)c(N)c6c5C(=O)c5ccccc5C6=O)c4)n3)c2)c2c1C(=O)c1ccccc1C2=O. The number of nitrogens with zero attached hydrogens (tertiary/aromatic N) is 3. The first-order chi connectivity index (χ1) is 33.6. The van der Waals surface area contributed by atoms with Crippen molar-refractivity contribution in [1.29, 1.82) is 0 Å². The Morgan fingerprint density at radius 2 is 0.817 bits per heavy atom. The van der Waals surface area contributed by atoms with Gasteiger partial charge in [0.05, 0.1) is 55.7 Å². The summed E-state index contributed by atoms with van der Waals surface area (Å²) in [5.41, 5.74) is 11.0. The molecule has 0 unspecified atom stereocenters. The van der Waals surface area contributed by atoms with Gasteiger partial charge in [-0.05, 0) is 48.5 Å². The van der Waals surface area contributed by atoms with Crippen molar-refractivity contribution in [1.82, 2.24) is 15.0 Å². The van der Waals surface area contributed by atoms with Crippen molar-refractivity contribution in [3.8, 4) is 0 Å². The minimum absolute atomic E-state index is 0.00991. The summed E-state index contributed by atoms with van der Waals surface area (Å²) in [6, 6.07) is 26.3. The van der Waals surface area contributed by atoms with Crippen molar-refractivity contribution in [2.24, 2.45) is 0 Å². The van der Waals surface area contributed by atoms with E-state index in [1.54, 1.807) is 48.5 Å². The summed E-state index contributed by atoms with van der Waals surface area (Å²) in [6.07, 6.45) is 0. The summed E-state index contributed by atoms with van der Waals surface area (Å²) in [4.78, 5) is 66.8. The Bertz CT molecular complexity index is 3700. The lowest BCUT2D eigenvalue weighted by Gasteiger charge is -2.28. The van der Waals surface area contributed by atoms with E-state index in [1.807, 2.05) is 0 Å². The van der Waals surface area contributed by atoms with E-state index in [2.05, 4.69) is 41.5 Å². The Hall–Kier alpha value is -8.34. The van der Waals surface area contributed by atoms with Crippen molar-refractivity contribution in [2.75, 3.05) is 50.3 Å². The maximum absolute atomic E-state index is 13.9. The van der Waals surface area contributed by atoms with Gasteiger partial charge in [0.1, 0.15) is 15.8 Å². The number of nitrogens with one attached hydrogen (secondary N) is 5. The number of hydrogen-bond acceptors (Lipinski definition) is 21. The molecule has 0 saturated heterocycles. The van der Waals surface area contributed by atoms with Gasteiger partial charge in [-0.25, -0.2) is 0 Å². The van der Waals surface area contributed by atoms with Crippen molar-refractivity contribution >= 4 is 118 Å². The highest BCUT2D eigenvalue weighted by atomic mass is 32.3. The Morgan fingerprint density at radius 3 is 1.21 bits per heavy atom. The fourth-order valence-electron chi connectivity index (χ4n) is 8.00. The number of rotatable bonds is 14. The normalized spacial score (nSPS) is 13.4. The number of hydrogen-bond donors (Lipinski definition) is 12. The van der Waals surface area contributed by atoms with Crippen LogP contribution in [0, 0.1) is 0 Å². The van der Waals surface area contributed by atoms with Gasteiger partial charge in [-0.2, -0.15) is 31.8 Å². The Morgan fingerprint density at radius 1 is 0.451 bits per heavy atom. The minimum Gasteiger partial charge on any atom is -0.397 e. The monoisotopic (exact) mass is 1020 g/mol. The molecule has 0 fully saturated rings. The molecule has 2 aliphatic carbocycles. The summed E-state index contributed by atoms with van der Waals surface area (Å²) in [6.45, 7) is -0.345. The van der Waals surface area contributed by atoms with Crippen LogP contribution in [-0.4, -0.2) is 90.0 Å². The van der Waals surface area contributed by atoms with Gasteiger partial charge in [-0.15, -0.1) is 0 Å². The van der Waals surface area contributed by atoms with Crippen LogP contribution in [0.2, 0.25) is 0 Å². The zero-order valence-electron chi connectivity index (χ0n) is 36.0. The van der Waals surface area contributed by atoms with E-state index in [9.17, 15) is 58.8 Å². The summed E-state index contributed by atoms with van der Waals surface area (Å²) in [7, 11) is -13.9. The average Bonchev–Trinajstić information content (AvgIpc) is 3.30. The van der Waals surface area contributed by atoms with Crippen LogP contribution < -0.4 is 38.1 Å². The van der Waals surface area contributed by atoms with Crippen LogP contribution in [0.1, 0.15) is 63.7 Å². The lowest BCUT2D eigenvalue weighted by atomic mass is 9.82. The minimum atomic E-state index is -5.01. The second-order valence-electron chi connectivity index (χ2n) is 15.8. The summed E-state index contributed by atoms with van der Waals surface area (Å²) in [5.74, 6) is -3.86. The van der Waals surface area contributed by atoms with Crippen LogP contribution in [0.25, 0.3) is 0 Å². The number of nitrogen functional groups attached to an aromatic ring is 2. The molecule has 0 aliphatic heterocycles. The van der Waals surface area contributed by atoms with Gasteiger partial charge in [-0.1, -0.05) is 60.7 Å². The number of carbonyl (C=O) groups is 4. The first-order valence-electron chi connectivity index (χ1n) is 20.6. The standard InChI is InChI=1S/C45H36N10O13S3/c46-37-31(70(63,64)65)19-29(33-35(37)41(58)27-13-3-1-11-25(27)39(33)56)49-21-7-5-9-23(17-21)51-44-53-43(48-15-16-69(60,61)62)54-45(55-44)52-24-10-6-8-22(18-24)50-30-20-32(71(66,67)68)38(47)36-34(30)40(57)26-12-2-4-14-28(26)42(36)59/h1-14,17-20,49-50,63-65H,15-16,46-47H2,(H,60,61,62)(H,66,67,68)(H3,48,51,52,53,54,55). The first kappa shape index (κ1) is 47.7. The number of nitrogens with two attached hydrogens (primary N) is 2. The van der Waals surface area contributed by atoms with Gasteiger partial charge < -0.3 is 51.7 Å². The molecule has 0 bridgehead atoms.